The zero-order valence-corrected chi connectivity index (χ0v) is 14.7. The van der Waals surface area contributed by atoms with E-state index in [0.717, 1.165) is 12.8 Å². The third-order valence-electron chi connectivity index (χ3n) is 4.69. The van der Waals surface area contributed by atoms with Crippen LogP contribution in [0.2, 0.25) is 0 Å². The van der Waals surface area contributed by atoms with Crippen LogP contribution in [0.4, 0.5) is 0 Å². The van der Waals surface area contributed by atoms with Crippen LogP contribution in [0, 0.1) is 0 Å². The van der Waals surface area contributed by atoms with Crippen molar-refractivity contribution in [2.75, 3.05) is 13.2 Å². The van der Waals surface area contributed by atoms with E-state index in [0.29, 0.717) is 30.0 Å². The van der Waals surface area contributed by atoms with Crippen molar-refractivity contribution < 1.29 is 17.9 Å². The summed E-state index contributed by atoms with van der Waals surface area (Å²) >= 11 is 0. The molecule has 0 saturated carbocycles. The number of carbonyl (C=O) groups excluding carboxylic acids is 1. The summed E-state index contributed by atoms with van der Waals surface area (Å²) in [6.45, 7) is 1.13. The standard InChI is InChI=1S/C17H19N3O4S/c1-20-16-12-6-2-3-7-14(12)25(22,23)10-13(16)15(19-20)17(21)18-9-11-5-4-8-24-11/h2-3,6-7,11H,4-5,8-10H2,1H3,(H,18,21). The van der Waals surface area contributed by atoms with Crippen LogP contribution in [0.1, 0.15) is 28.9 Å². The zero-order valence-electron chi connectivity index (χ0n) is 13.9. The van der Waals surface area contributed by atoms with Crippen LogP contribution in [0.15, 0.2) is 29.2 Å². The van der Waals surface area contributed by atoms with Crippen molar-refractivity contribution >= 4 is 15.7 Å². The molecular weight excluding hydrogens is 342 g/mol. The van der Waals surface area contributed by atoms with E-state index in [9.17, 15) is 13.2 Å². The third kappa shape index (κ3) is 2.75. The average Bonchev–Trinajstić information content (AvgIpc) is 3.20. The van der Waals surface area contributed by atoms with Crippen LogP contribution in [-0.2, 0) is 27.4 Å². The Morgan fingerprint density at radius 2 is 2.20 bits per heavy atom. The van der Waals surface area contributed by atoms with Crippen LogP contribution >= 0.6 is 0 Å². The summed E-state index contributed by atoms with van der Waals surface area (Å²) in [5.74, 6) is -0.572. The number of nitrogens with one attached hydrogen (secondary N) is 1. The fourth-order valence-electron chi connectivity index (χ4n) is 3.52. The number of nitrogens with zero attached hydrogens (tertiary/aromatic N) is 2. The second-order valence-electron chi connectivity index (χ2n) is 6.40. The van der Waals surface area contributed by atoms with Crippen molar-refractivity contribution in [3.05, 3.63) is 35.5 Å². The maximum Gasteiger partial charge on any atom is 0.272 e. The molecule has 1 fully saturated rings. The quantitative estimate of drug-likeness (QED) is 0.889. The molecule has 1 atom stereocenters. The molecular formula is C17H19N3O4S. The molecule has 2 aliphatic rings. The highest BCUT2D eigenvalue weighted by Gasteiger charge is 2.34. The minimum atomic E-state index is -3.49. The lowest BCUT2D eigenvalue weighted by Crippen LogP contribution is -2.32. The predicted octanol–water partition coefficient (Wildman–Crippen LogP) is 1.28. The Kier molecular flexibility index (Phi) is 3.88. The molecule has 1 saturated heterocycles. The van der Waals surface area contributed by atoms with Gasteiger partial charge in [-0.3, -0.25) is 9.48 Å². The smallest absolute Gasteiger partial charge is 0.272 e. The monoisotopic (exact) mass is 361 g/mol. The SMILES string of the molecule is Cn1nc(C(=O)NCC2CCCO2)c2c1-c1ccccc1S(=O)(=O)C2. The van der Waals surface area contributed by atoms with E-state index < -0.39 is 9.84 Å². The predicted molar refractivity (Wildman–Crippen MR) is 90.8 cm³/mol. The Morgan fingerprint density at radius 3 is 2.96 bits per heavy atom. The molecule has 7 nitrogen and oxygen atoms in total. The van der Waals surface area contributed by atoms with E-state index in [1.807, 2.05) is 0 Å². The number of benzene rings is 1. The summed E-state index contributed by atoms with van der Waals surface area (Å²) in [6, 6.07) is 6.83. The summed E-state index contributed by atoms with van der Waals surface area (Å²) in [4.78, 5) is 12.9. The van der Waals surface area contributed by atoms with Crippen molar-refractivity contribution in [2.24, 2.45) is 7.05 Å². The van der Waals surface area contributed by atoms with Gasteiger partial charge in [-0.05, 0) is 18.9 Å². The van der Waals surface area contributed by atoms with Gasteiger partial charge in [-0.15, -0.1) is 0 Å². The van der Waals surface area contributed by atoms with E-state index in [-0.39, 0.29) is 28.4 Å². The molecule has 1 amide bonds. The number of rotatable bonds is 3. The molecule has 1 aromatic heterocycles. The van der Waals surface area contributed by atoms with E-state index in [2.05, 4.69) is 10.4 Å². The summed E-state index contributed by atoms with van der Waals surface area (Å²) < 4.78 is 32.3. The number of aromatic nitrogens is 2. The van der Waals surface area contributed by atoms with Gasteiger partial charge in [0.2, 0.25) is 0 Å². The fourth-order valence-corrected chi connectivity index (χ4v) is 5.12. The molecule has 0 bridgehead atoms. The summed E-state index contributed by atoms with van der Waals surface area (Å²) in [5.41, 5.74) is 1.92. The second kappa shape index (κ2) is 5.96. The number of carbonyl (C=O) groups is 1. The van der Waals surface area contributed by atoms with Gasteiger partial charge in [0.05, 0.1) is 22.4 Å². The number of ether oxygens (including phenoxy) is 1. The molecule has 1 N–H and O–H groups in total. The van der Waals surface area contributed by atoms with Crippen LogP contribution in [0.5, 0.6) is 0 Å². The van der Waals surface area contributed by atoms with Gasteiger partial charge in [0.15, 0.2) is 15.5 Å². The second-order valence-corrected chi connectivity index (χ2v) is 8.36. The highest BCUT2D eigenvalue weighted by Crippen LogP contribution is 2.38. The Labute approximate surface area is 145 Å². The molecule has 132 valence electrons. The summed E-state index contributed by atoms with van der Waals surface area (Å²) in [7, 11) is -1.76. The van der Waals surface area contributed by atoms with Crippen molar-refractivity contribution in [2.45, 2.75) is 29.6 Å². The van der Waals surface area contributed by atoms with E-state index >= 15 is 0 Å². The van der Waals surface area contributed by atoms with Crippen molar-refractivity contribution in [1.29, 1.82) is 0 Å². The third-order valence-corrected chi connectivity index (χ3v) is 6.38. The lowest BCUT2D eigenvalue weighted by molar-refractivity contribution is 0.0852. The lowest BCUT2D eigenvalue weighted by atomic mass is 10.1. The average molecular weight is 361 g/mol. The number of hydrogen-bond acceptors (Lipinski definition) is 5. The van der Waals surface area contributed by atoms with Gasteiger partial charge in [-0.2, -0.15) is 5.10 Å². The molecule has 8 heteroatoms. The molecule has 1 aromatic carbocycles. The number of amides is 1. The van der Waals surface area contributed by atoms with E-state index in [1.165, 1.54) is 0 Å². The first-order valence-electron chi connectivity index (χ1n) is 8.25. The molecule has 1 unspecified atom stereocenters. The zero-order chi connectivity index (χ0) is 17.6. The molecule has 0 aliphatic carbocycles. The van der Waals surface area contributed by atoms with Crippen molar-refractivity contribution in [3.8, 4) is 11.3 Å². The first kappa shape index (κ1) is 16.3. The number of aryl methyl sites for hydroxylation is 1. The van der Waals surface area contributed by atoms with Crippen LogP contribution in [0.3, 0.4) is 0 Å². The maximum atomic E-state index is 12.6. The number of fused-ring (bicyclic) bond motifs is 3. The number of sulfone groups is 1. The van der Waals surface area contributed by atoms with Crippen LogP contribution in [0.25, 0.3) is 11.3 Å². The van der Waals surface area contributed by atoms with Crippen LogP contribution < -0.4 is 5.32 Å². The molecule has 2 aliphatic heterocycles. The minimum absolute atomic E-state index is 0.0212. The first-order valence-corrected chi connectivity index (χ1v) is 9.90. The largest absolute Gasteiger partial charge is 0.376 e. The fraction of sp³-hybridized carbons (Fsp3) is 0.412. The van der Waals surface area contributed by atoms with Crippen LogP contribution in [-0.4, -0.2) is 43.4 Å². The number of hydrogen-bond donors (Lipinski definition) is 1. The molecule has 3 heterocycles. The van der Waals surface area contributed by atoms with Gasteiger partial charge >= 0.3 is 0 Å². The Bertz CT molecular complexity index is 943. The maximum absolute atomic E-state index is 12.6. The Morgan fingerprint density at radius 1 is 1.40 bits per heavy atom. The van der Waals surface area contributed by atoms with Gasteiger partial charge in [0, 0.05) is 31.3 Å². The molecule has 0 spiro atoms. The molecule has 0 radical (unpaired) electrons. The Hall–Kier alpha value is -2.19. The Balaban J connectivity index is 1.70. The van der Waals surface area contributed by atoms with Gasteiger partial charge in [-0.25, -0.2) is 8.42 Å². The van der Waals surface area contributed by atoms with Crippen molar-refractivity contribution in [3.63, 3.8) is 0 Å². The molecule has 4 rings (SSSR count). The topological polar surface area (TPSA) is 90.3 Å². The highest BCUT2D eigenvalue weighted by atomic mass is 32.2. The minimum Gasteiger partial charge on any atom is -0.376 e. The molecule has 2 aromatic rings. The van der Waals surface area contributed by atoms with Gasteiger partial charge in [-0.1, -0.05) is 18.2 Å². The van der Waals surface area contributed by atoms with E-state index in [4.69, 9.17) is 4.74 Å². The first-order chi connectivity index (χ1) is 12.0. The van der Waals surface area contributed by atoms with Gasteiger partial charge < -0.3 is 10.1 Å². The normalized spacial score (nSPS) is 20.8. The van der Waals surface area contributed by atoms with Gasteiger partial charge in [0.1, 0.15) is 0 Å². The summed E-state index contributed by atoms with van der Waals surface area (Å²) in [6.07, 6.45) is 1.93. The summed E-state index contributed by atoms with van der Waals surface area (Å²) in [5, 5.41) is 7.12. The van der Waals surface area contributed by atoms with Crippen molar-refractivity contribution in [1.82, 2.24) is 15.1 Å². The highest BCUT2D eigenvalue weighted by molar-refractivity contribution is 7.90. The van der Waals surface area contributed by atoms with Gasteiger partial charge in [0.25, 0.3) is 5.91 Å². The van der Waals surface area contributed by atoms with E-state index in [1.54, 1.807) is 36.0 Å². The lowest BCUT2D eigenvalue weighted by Gasteiger charge is -2.18. The molecule has 25 heavy (non-hydrogen) atoms.